The summed E-state index contributed by atoms with van der Waals surface area (Å²) in [5.74, 6) is -0.164. The van der Waals surface area contributed by atoms with Gasteiger partial charge in [-0.25, -0.2) is 0 Å². The van der Waals surface area contributed by atoms with Crippen LogP contribution in [0.5, 0.6) is 0 Å². The molecular formula is C18H36FNO. The van der Waals surface area contributed by atoms with Crippen LogP contribution in [0.1, 0.15) is 96.8 Å². The summed E-state index contributed by atoms with van der Waals surface area (Å²) in [7, 11) is 0. The Bertz CT molecular complexity index is 241. The number of unbranched alkanes of at least 4 members (excludes halogenated alkanes) is 11. The Balaban J connectivity index is 0. The first kappa shape index (κ1) is 22.4. The van der Waals surface area contributed by atoms with Gasteiger partial charge in [-0.05, 0) is 32.1 Å². The fraction of sp³-hybridized carbons (Fsp3) is 0.833. The summed E-state index contributed by atoms with van der Waals surface area (Å²) in [6.45, 7) is 2.26. The Labute approximate surface area is 130 Å². The van der Waals surface area contributed by atoms with Gasteiger partial charge in [0, 0.05) is 6.42 Å². The highest BCUT2D eigenvalue weighted by Crippen LogP contribution is 2.09. The van der Waals surface area contributed by atoms with Crippen LogP contribution in [0.4, 0.5) is 4.70 Å². The maximum Gasteiger partial charge on any atom is 0.217 e. The van der Waals surface area contributed by atoms with E-state index in [0.29, 0.717) is 6.42 Å². The summed E-state index contributed by atoms with van der Waals surface area (Å²) < 4.78 is 0. The summed E-state index contributed by atoms with van der Waals surface area (Å²) in [4.78, 5) is 10.5. The molecule has 0 heterocycles. The van der Waals surface area contributed by atoms with Crippen molar-refractivity contribution in [2.75, 3.05) is 0 Å². The molecule has 0 unspecified atom stereocenters. The molecular weight excluding hydrogens is 265 g/mol. The third-order valence-electron chi connectivity index (χ3n) is 3.68. The molecule has 3 heteroatoms. The lowest BCUT2D eigenvalue weighted by Gasteiger charge is -1.99. The lowest BCUT2D eigenvalue weighted by molar-refractivity contribution is -0.118. The van der Waals surface area contributed by atoms with E-state index in [4.69, 9.17) is 5.73 Å². The first-order valence-electron chi connectivity index (χ1n) is 8.70. The van der Waals surface area contributed by atoms with Crippen molar-refractivity contribution in [1.29, 1.82) is 0 Å². The van der Waals surface area contributed by atoms with Crippen LogP contribution in [0.2, 0.25) is 0 Å². The van der Waals surface area contributed by atoms with Gasteiger partial charge in [0.05, 0.1) is 0 Å². The molecule has 0 aromatic heterocycles. The van der Waals surface area contributed by atoms with Gasteiger partial charge in [0.1, 0.15) is 0 Å². The van der Waals surface area contributed by atoms with Crippen molar-refractivity contribution in [2.45, 2.75) is 96.8 Å². The average molecular weight is 301 g/mol. The number of nitrogens with two attached hydrogens (primary N) is 1. The zero-order valence-electron chi connectivity index (χ0n) is 13.9. The second-order valence-electron chi connectivity index (χ2n) is 5.80. The molecule has 0 bridgehead atoms. The van der Waals surface area contributed by atoms with Crippen LogP contribution in [0.15, 0.2) is 12.2 Å². The molecule has 0 spiro atoms. The number of primary amides is 1. The second kappa shape index (κ2) is 19.1. The van der Waals surface area contributed by atoms with E-state index in [1.165, 1.54) is 70.6 Å². The largest absolute Gasteiger partial charge is 0.370 e. The van der Waals surface area contributed by atoms with E-state index in [1.807, 2.05) is 0 Å². The topological polar surface area (TPSA) is 43.1 Å². The van der Waals surface area contributed by atoms with Gasteiger partial charge in [0.15, 0.2) is 0 Å². The Morgan fingerprint density at radius 1 is 0.762 bits per heavy atom. The predicted molar refractivity (Wildman–Crippen MR) is 91.1 cm³/mol. The monoisotopic (exact) mass is 301 g/mol. The summed E-state index contributed by atoms with van der Waals surface area (Å²) >= 11 is 0. The molecule has 2 N–H and O–H groups in total. The number of halogens is 1. The molecule has 0 saturated carbocycles. The van der Waals surface area contributed by atoms with Gasteiger partial charge in [0.2, 0.25) is 5.91 Å². The van der Waals surface area contributed by atoms with Crippen LogP contribution in [0, 0.1) is 0 Å². The highest BCUT2D eigenvalue weighted by molar-refractivity contribution is 5.73. The minimum atomic E-state index is -0.164. The fourth-order valence-electron chi connectivity index (χ4n) is 2.37. The molecule has 0 aromatic rings. The van der Waals surface area contributed by atoms with Crippen LogP contribution >= 0.6 is 0 Å². The first-order chi connectivity index (χ1) is 9.77. The predicted octanol–water partition coefficient (Wildman–Crippen LogP) is 5.66. The number of allylic oxidation sites excluding steroid dienone is 2. The van der Waals surface area contributed by atoms with E-state index >= 15 is 0 Å². The maximum atomic E-state index is 10.5. The van der Waals surface area contributed by atoms with Crippen molar-refractivity contribution in [3.63, 3.8) is 0 Å². The number of hydrogen-bond acceptors (Lipinski definition) is 1. The Morgan fingerprint density at radius 2 is 1.19 bits per heavy atom. The van der Waals surface area contributed by atoms with Crippen LogP contribution in [-0.2, 0) is 4.79 Å². The van der Waals surface area contributed by atoms with Gasteiger partial charge >= 0.3 is 0 Å². The van der Waals surface area contributed by atoms with Gasteiger partial charge in [-0.3, -0.25) is 9.50 Å². The molecule has 0 radical (unpaired) electrons. The number of amides is 1. The van der Waals surface area contributed by atoms with Gasteiger partial charge in [-0.2, -0.15) is 0 Å². The molecule has 2 nitrogen and oxygen atoms in total. The van der Waals surface area contributed by atoms with Crippen molar-refractivity contribution in [1.82, 2.24) is 0 Å². The van der Waals surface area contributed by atoms with E-state index in [-0.39, 0.29) is 10.6 Å². The smallest absolute Gasteiger partial charge is 0.217 e. The first-order valence-corrected chi connectivity index (χ1v) is 8.70. The molecule has 0 aromatic carbocycles. The molecule has 0 saturated heterocycles. The third kappa shape index (κ3) is 21.6. The van der Waals surface area contributed by atoms with Gasteiger partial charge in [0.25, 0.3) is 0 Å². The van der Waals surface area contributed by atoms with Crippen LogP contribution in [-0.4, -0.2) is 5.91 Å². The summed E-state index contributed by atoms with van der Waals surface area (Å²) in [5, 5.41) is 0. The average Bonchev–Trinajstić information content (AvgIpc) is 2.43. The lowest BCUT2D eigenvalue weighted by atomic mass is 10.1. The highest BCUT2D eigenvalue weighted by Gasteiger charge is 1.94. The normalized spacial score (nSPS) is 10.7. The lowest BCUT2D eigenvalue weighted by Crippen LogP contribution is -2.09. The molecule has 0 rings (SSSR count). The molecule has 0 aliphatic heterocycles. The Hall–Kier alpha value is -0.860. The molecule has 0 atom stereocenters. The third-order valence-corrected chi connectivity index (χ3v) is 3.68. The van der Waals surface area contributed by atoms with E-state index in [9.17, 15) is 4.79 Å². The summed E-state index contributed by atoms with van der Waals surface area (Å²) in [5.41, 5.74) is 5.10. The minimum absolute atomic E-state index is 0. The zero-order valence-corrected chi connectivity index (χ0v) is 13.9. The number of carbonyl (C=O) groups excluding carboxylic acids is 1. The van der Waals surface area contributed by atoms with E-state index in [1.54, 1.807) is 0 Å². The molecule has 126 valence electrons. The van der Waals surface area contributed by atoms with E-state index in [2.05, 4.69) is 19.1 Å². The molecule has 0 aliphatic carbocycles. The fourth-order valence-corrected chi connectivity index (χ4v) is 2.37. The highest BCUT2D eigenvalue weighted by atomic mass is 19.0. The Kier molecular flexibility index (Phi) is 20.4. The molecule has 21 heavy (non-hydrogen) atoms. The van der Waals surface area contributed by atoms with Crippen LogP contribution in [0.3, 0.4) is 0 Å². The standard InChI is InChI=1S/C18H35NO.FH/c1-2-3-4-5-6-7-8-9-10-11-12-13-14-15-16-17-18(19)20;/h9-10H,2-8,11-17H2,1H3,(H2,19,20);1H. The minimum Gasteiger partial charge on any atom is -0.370 e. The van der Waals surface area contributed by atoms with Crippen molar-refractivity contribution >= 4 is 5.91 Å². The maximum absolute atomic E-state index is 10.5. The zero-order chi connectivity index (χ0) is 14.9. The van der Waals surface area contributed by atoms with Crippen LogP contribution < -0.4 is 5.73 Å². The quantitative estimate of drug-likeness (QED) is 0.308. The molecule has 0 aliphatic rings. The SMILES string of the molecule is CCCCCCCCC=CCCCCCCCC(N)=O.F. The number of rotatable bonds is 15. The van der Waals surface area contributed by atoms with Crippen molar-refractivity contribution < 1.29 is 9.50 Å². The van der Waals surface area contributed by atoms with E-state index in [0.717, 1.165) is 12.8 Å². The van der Waals surface area contributed by atoms with Crippen molar-refractivity contribution in [3.8, 4) is 0 Å². The second-order valence-corrected chi connectivity index (χ2v) is 5.80. The summed E-state index contributed by atoms with van der Waals surface area (Å²) in [6, 6.07) is 0. The number of carbonyl (C=O) groups is 1. The van der Waals surface area contributed by atoms with E-state index < -0.39 is 0 Å². The van der Waals surface area contributed by atoms with Crippen LogP contribution in [0.25, 0.3) is 0 Å². The molecule has 0 fully saturated rings. The van der Waals surface area contributed by atoms with Gasteiger partial charge < -0.3 is 5.73 Å². The number of hydrogen-bond donors (Lipinski definition) is 1. The van der Waals surface area contributed by atoms with Crippen molar-refractivity contribution in [3.05, 3.63) is 12.2 Å². The van der Waals surface area contributed by atoms with Gasteiger partial charge in [-0.1, -0.05) is 70.4 Å². The molecule has 1 amide bonds. The summed E-state index contributed by atoms with van der Waals surface area (Å²) in [6.07, 6.45) is 21.9. The van der Waals surface area contributed by atoms with Gasteiger partial charge in [-0.15, -0.1) is 0 Å². The Morgan fingerprint density at radius 3 is 1.67 bits per heavy atom. The van der Waals surface area contributed by atoms with Crippen molar-refractivity contribution in [2.24, 2.45) is 5.73 Å².